The van der Waals surface area contributed by atoms with Crippen molar-refractivity contribution in [3.63, 3.8) is 0 Å². The van der Waals surface area contributed by atoms with Crippen molar-refractivity contribution in [2.75, 3.05) is 5.32 Å². The number of benzene rings is 2. The van der Waals surface area contributed by atoms with Gasteiger partial charge in [0.05, 0.1) is 5.56 Å². The highest BCUT2D eigenvalue weighted by molar-refractivity contribution is 6.07. The molecule has 10 heteroatoms. The van der Waals surface area contributed by atoms with E-state index in [4.69, 9.17) is 0 Å². The van der Waals surface area contributed by atoms with Crippen molar-refractivity contribution in [2.24, 2.45) is 7.05 Å². The Bertz CT molecular complexity index is 1060. The van der Waals surface area contributed by atoms with Gasteiger partial charge < -0.3 is 5.32 Å². The molecule has 3 aromatic rings. The van der Waals surface area contributed by atoms with Gasteiger partial charge in [-0.05, 0) is 35.9 Å². The number of hydrogen-bond donors (Lipinski definition) is 1. The zero-order valence-electron chi connectivity index (χ0n) is 14.1. The van der Waals surface area contributed by atoms with Crippen molar-refractivity contribution in [1.29, 1.82) is 0 Å². The zero-order chi connectivity index (χ0) is 20.6. The van der Waals surface area contributed by atoms with Crippen molar-refractivity contribution < 1.29 is 31.1 Å². The van der Waals surface area contributed by atoms with Gasteiger partial charge in [-0.3, -0.25) is 9.48 Å². The van der Waals surface area contributed by atoms with E-state index in [1.165, 1.54) is 7.05 Å². The Morgan fingerprint density at radius 2 is 1.75 bits per heavy atom. The molecule has 0 unspecified atom stereocenters. The Morgan fingerprint density at radius 3 is 2.39 bits per heavy atom. The average molecular weight is 399 g/mol. The van der Waals surface area contributed by atoms with E-state index in [9.17, 15) is 31.1 Å². The highest BCUT2D eigenvalue weighted by atomic mass is 19.4. The second-order valence-corrected chi connectivity index (χ2v) is 5.84. The normalized spacial score (nSPS) is 11.5. The van der Waals surface area contributed by atoms with Gasteiger partial charge in [0.25, 0.3) is 5.91 Å². The lowest BCUT2D eigenvalue weighted by Crippen LogP contribution is -2.18. The van der Waals surface area contributed by atoms with Gasteiger partial charge in [-0.25, -0.2) is 13.2 Å². The molecule has 1 amide bonds. The van der Waals surface area contributed by atoms with Crippen LogP contribution in [0.2, 0.25) is 0 Å². The molecule has 4 nitrogen and oxygen atoms in total. The fraction of sp³-hybridized carbons (Fsp3) is 0.111. The molecule has 0 saturated heterocycles. The van der Waals surface area contributed by atoms with E-state index in [0.717, 1.165) is 47.3 Å². The summed E-state index contributed by atoms with van der Waals surface area (Å²) in [7, 11) is 1.22. The summed E-state index contributed by atoms with van der Waals surface area (Å²) in [5.74, 6) is -4.22. The number of carbonyl (C=O) groups is 1. The number of anilines is 1. The molecule has 0 saturated carbocycles. The highest BCUT2D eigenvalue weighted by Gasteiger charge is 2.39. The van der Waals surface area contributed by atoms with E-state index >= 15 is 0 Å². The van der Waals surface area contributed by atoms with Crippen LogP contribution >= 0.6 is 0 Å². The molecule has 0 bridgehead atoms. The number of rotatable bonds is 3. The number of aryl methyl sites for hydroxylation is 1. The number of carbonyl (C=O) groups excluding carboxylic acids is 1. The number of halogens is 6. The quantitative estimate of drug-likeness (QED) is 0.645. The van der Waals surface area contributed by atoms with Gasteiger partial charge in [-0.1, -0.05) is 6.07 Å². The van der Waals surface area contributed by atoms with Gasteiger partial charge in [-0.2, -0.15) is 18.3 Å². The SMILES string of the molecule is Cn1cc(C(=O)Nc2ccc(F)cc2-c2ccc(F)c(F)c2)c(C(F)(F)F)n1. The van der Waals surface area contributed by atoms with E-state index in [0.29, 0.717) is 0 Å². The molecular formula is C18H11F6N3O. The molecule has 146 valence electrons. The number of alkyl halides is 3. The minimum absolute atomic E-state index is 0.0240. The van der Waals surface area contributed by atoms with Crippen LogP contribution in [0.25, 0.3) is 11.1 Å². The van der Waals surface area contributed by atoms with Crippen LogP contribution in [-0.2, 0) is 13.2 Å². The van der Waals surface area contributed by atoms with Gasteiger partial charge in [0.1, 0.15) is 5.82 Å². The first-order chi connectivity index (χ1) is 13.1. The molecule has 1 heterocycles. The fourth-order valence-corrected chi connectivity index (χ4v) is 2.58. The van der Waals surface area contributed by atoms with Crippen LogP contribution < -0.4 is 5.32 Å². The van der Waals surface area contributed by atoms with Crippen molar-refractivity contribution in [3.05, 3.63) is 71.3 Å². The largest absolute Gasteiger partial charge is 0.435 e. The third kappa shape index (κ3) is 3.85. The lowest BCUT2D eigenvalue weighted by molar-refractivity contribution is -0.141. The predicted molar refractivity (Wildman–Crippen MR) is 87.9 cm³/mol. The molecule has 1 N–H and O–H groups in total. The second-order valence-electron chi connectivity index (χ2n) is 5.84. The van der Waals surface area contributed by atoms with E-state index in [1.54, 1.807) is 0 Å². The number of aromatic nitrogens is 2. The van der Waals surface area contributed by atoms with E-state index < -0.39 is 40.8 Å². The summed E-state index contributed by atoms with van der Waals surface area (Å²) in [6.07, 6.45) is -3.97. The van der Waals surface area contributed by atoms with E-state index in [2.05, 4.69) is 10.4 Å². The van der Waals surface area contributed by atoms with Gasteiger partial charge in [-0.15, -0.1) is 0 Å². The lowest BCUT2D eigenvalue weighted by Gasteiger charge is -2.12. The zero-order valence-corrected chi connectivity index (χ0v) is 14.1. The molecule has 0 aliphatic rings. The third-order valence-electron chi connectivity index (χ3n) is 3.80. The Balaban J connectivity index is 2.02. The van der Waals surface area contributed by atoms with Crippen molar-refractivity contribution in [2.45, 2.75) is 6.18 Å². The van der Waals surface area contributed by atoms with Gasteiger partial charge in [0.15, 0.2) is 17.3 Å². The number of hydrogen-bond acceptors (Lipinski definition) is 2. The summed E-state index contributed by atoms with van der Waals surface area (Å²) < 4.78 is 80.3. The Hall–Kier alpha value is -3.30. The van der Waals surface area contributed by atoms with Crippen molar-refractivity contribution in [1.82, 2.24) is 9.78 Å². The summed E-state index contributed by atoms with van der Waals surface area (Å²) in [5.41, 5.74) is -2.23. The van der Waals surface area contributed by atoms with Gasteiger partial charge in [0, 0.05) is 24.5 Å². The topological polar surface area (TPSA) is 46.9 Å². The van der Waals surface area contributed by atoms with Crippen LogP contribution in [0.15, 0.2) is 42.6 Å². The van der Waals surface area contributed by atoms with Crippen LogP contribution in [0.4, 0.5) is 32.0 Å². The van der Waals surface area contributed by atoms with Gasteiger partial charge >= 0.3 is 6.18 Å². The summed E-state index contributed by atoms with van der Waals surface area (Å²) in [6.45, 7) is 0. The summed E-state index contributed by atoms with van der Waals surface area (Å²) >= 11 is 0. The number of nitrogens with zero attached hydrogens (tertiary/aromatic N) is 2. The predicted octanol–water partition coefficient (Wildman–Crippen LogP) is 4.78. The van der Waals surface area contributed by atoms with Crippen LogP contribution in [0.1, 0.15) is 16.1 Å². The summed E-state index contributed by atoms with van der Waals surface area (Å²) in [4.78, 5) is 12.4. The van der Waals surface area contributed by atoms with Crippen molar-refractivity contribution >= 4 is 11.6 Å². The minimum atomic E-state index is -4.86. The first kappa shape index (κ1) is 19.5. The molecule has 0 aliphatic heterocycles. The van der Waals surface area contributed by atoms with Crippen LogP contribution in [0.5, 0.6) is 0 Å². The Morgan fingerprint density at radius 1 is 1.04 bits per heavy atom. The Labute approximate surface area is 154 Å². The molecular weight excluding hydrogens is 388 g/mol. The molecule has 2 aromatic carbocycles. The molecule has 0 aliphatic carbocycles. The third-order valence-corrected chi connectivity index (χ3v) is 3.80. The average Bonchev–Trinajstić information content (AvgIpc) is 3.01. The first-order valence-corrected chi connectivity index (χ1v) is 7.73. The molecule has 3 rings (SSSR count). The Kier molecular flexibility index (Phi) is 4.88. The lowest BCUT2D eigenvalue weighted by atomic mass is 10.0. The number of amides is 1. The maximum absolute atomic E-state index is 13.7. The summed E-state index contributed by atoms with van der Waals surface area (Å²) in [6, 6.07) is 5.75. The minimum Gasteiger partial charge on any atom is -0.321 e. The van der Waals surface area contributed by atoms with E-state index in [1.807, 2.05) is 0 Å². The second kappa shape index (κ2) is 7.02. The maximum Gasteiger partial charge on any atom is 0.435 e. The van der Waals surface area contributed by atoms with Crippen molar-refractivity contribution in [3.8, 4) is 11.1 Å². The highest BCUT2D eigenvalue weighted by Crippen LogP contribution is 2.33. The van der Waals surface area contributed by atoms with Crippen LogP contribution in [0, 0.1) is 17.5 Å². The number of nitrogens with one attached hydrogen (secondary N) is 1. The molecule has 0 radical (unpaired) electrons. The van der Waals surface area contributed by atoms with Crippen LogP contribution in [0.3, 0.4) is 0 Å². The molecule has 0 spiro atoms. The molecule has 0 fully saturated rings. The standard InChI is InChI=1S/C18H11F6N3O/c1-27-8-12(16(26-27)18(22,23)24)17(28)25-15-5-3-10(19)7-11(15)9-2-4-13(20)14(21)6-9/h2-8H,1H3,(H,25,28). The van der Waals surface area contributed by atoms with E-state index in [-0.39, 0.29) is 16.8 Å². The maximum atomic E-state index is 13.7. The first-order valence-electron chi connectivity index (χ1n) is 7.73. The van der Waals surface area contributed by atoms with Crippen LogP contribution in [-0.4, -0.2) is 15.7 Å². The molecule has 28 heavy (non-hydrogen) atoms. The smallest absolute Gasteiger partial charge is 0.321 e. The monoisotopic (exact) mass is 399 g/mol. The fourth-order valence-electron chi connectivity index (χ4n) is 2.58. The molecule has 0 atom stereocenters. The summed E-state index contributed by atoms with van der Waals surface area (Å²) in [5, 5.41) is 5.48. The molecule has 1 aromatic heterocycles. The van der Waals surface area contributed by atoms with Gasteiger partial charge in [0.2, 0.25) is 0 Å².